The second-order valence-corrected chi connectivity index (χ2v) is 11.6. The number of nitrogens with zero attached hydrogens (tertiary/aromatic N) is 2. The standard InChI is InChI=1S/C35H34N2O5S/c1-21-16-26(19-31(39-5)23(21)3)28-20-32(42-37-28)24-10-13-30(38-4)33(18-24)41-15-14-40-29-12-11-25(17-22(29)2)35-36-27-8-6-7-9-34(27)43-35/h6-13,16-19,32H,14-15,20H2,1-5H3. The molecule has 6 rings (SSSR count). The molecule has 0 aliphatic carbocycles. The quantitative estimate of drug-likeness (QED) is 0.152. The van der Waals surface area contributed by atoms with E-state index in [1.807, 2.05) is 55.5 Å². The van der Waals surface area contributed by atoms with Crippen molar-refractivity contribution in [2.24, 2.45) is 5.16 Å². The summed E-state index contributed by atoms with van der Waals surface area (Å²) in [5, 5.41) is 5.40. The number of fused-ring (bicyclic) bond motifs is 1. The van der Waals surface area contributed by atoms with Crippen LogP contribution < -0.4 is 18.9 Å². The van der Waals surface area contributed by atoms with Gasteiger partial charge in [0.05, 0.1) is 30.1 Å². The summed E-state index contributed by atoms with van der Waals surface area (Å²) in [6.07, 6.45) is 0.427. The lowest BCUT2D eigenvalue weighted by Gasteiger charge is -2.15. The van der Waals surface area contributed by atoms with Gasteiger partial charge in [-0.2, -0.15) is 0 Å². The highest BCUT2D eigenvalue weighted by atomic mass is 32.1. The molecular weight excluding hydrogens is 560 g/mol. The van der Waals surface area contributed by atoms with Crippen LogP contribution in [0.1, 0.15) is 40.3 Å². The number of methoxy groups -OCH3 is 2. The van der Waals surface area contributed by atoms with Gasteiger partial charge < -0.3 is 23.8 Å². The van der Waals surface area contributed by atoms with Crippen molar-refractivity contribution < 1.29 is 23.8 Å². The molecular formula is C35H34N2O5S. The minimum Gasteiger partial charge on any atom is -0.496 e. The van der Waals surface area contributed by atoms with Gasteiger partial charge in [-0.3, -0.25) is 0 Å². The van der Waals surface area contributed by atoms with Crippen LogP contribution in [0, 0.1) is 20.8 Å². The Kier molecular flexibility index (Phi) is 8.20. The molecule has 8 heteroatoms. The normalized spacial score (nSPS) is 14.3. The molecule has 0 saturated carbocycles. The molecule has 0 fully saturated rings. The monoisotopic (exact) mass is 594 g/mol. The van der Waals surface area contributed by atoms with Crippen LogP contribution in [0.5, 0.6) is 23.0 Å². The maximum atomic E-state index is 6.12. The molecule has 5 aromatic rings. The van der Waals surface area contributed by atoms with Crippen molar-refractivity contribution in [1.82, 2.24) is 4.98 Å². The summed E-state index contributed by atoms with van der Waals surface area (Å²) >= 11 is 1.69. The zero-order valence-corrected chi connectivity index (χ0v) is 25.8. The number of thiazole rings is 1. The van der Waals surface area contributed by atoms with Crippen molar-refractivity contribution in [2.75, 3.05) is 27.4 Å². The Labute approximate surface area is 255 Å². The van der Waals surface area contributed by atoms with Crippen LogP contribution in [0.25, 0.3) is 20.8 Å². The van der Waals surface area contributed by atoms with Crippen LogP contribution in [-0.2, 0) is 4.84 Å². The van der Waals surface area contributed by atoms with E-state index in [1.54, 1.807) is 25.6 Å². The van der Waals surface area contributed by atoms with Gasteiger partial charge in [0.1, 0.15) is 29.7 Å². The summed E-state index contributed by atoms with van der Waals surface area (Å²) in [7, 11) is 3.32. The van der Waals surface area contributed by atoms with E-state index < -0.39 is 0 Å². The van der Waals surface area contributed by atoms with Gasteiger partial charge in [-0.05, 0) is 97.6 Å². The van der Waals surface area contributed by atoms with E-state index in [4.69, 9.17) is 28.8 Å². The Balaban J connectivity index is 1.08. The van der Waals surface area contributed by atoms with Crippen LogP contribution in [0.4, 0.5) is 0 Å². The van der Waals surface area contributed by atoms with Gasteiger partial charge in [0, 0.05) is 17.5 Å². The second kappa shape index (κ2) is 12.4. The Hall–Kier alpha value is -4.56. The molecule has 1 unspecified atom stereocenters. The summed E-state index contributed by atoms with van der Waals surface area (Å²) in [6.45, 7) is 6.92. The third kappa shape index (κ3) is 6.01. The smallest absolute Gasteiger partial charge is 0.161 e. The number of ether oxygens (including phenoxy) is 4. The number of aromatic nitrogens is 1. The first-order chi connectivity index (χ1) is 20.9. The first-order valence-corrected chi connectivity index (χ1v) is 15.0. The first kappa shape index (κ1) is 28.6. The molecule has 1 atom stereocenters. The number of hydrogen-bond acceptors (Lipinski definition) is 8. The van der Waals surface area contributed by atoms with E-state index in [1.165, 1.54) is 4.70 Å². The lowest BCUT2D eigenvalue weighted by atomic mass is 9.97. The lowest BCUT2D eigenvalue weighted by molar-refractivity contribution is 0.0854. The van der Waals surface area contributed by atoms with Gasteiger partial charge >= 0.3 is 0 Å². The second-order valence-electron chi connectivity index (χ2n) is 10.5. The number of benzene rings is 4. The van der Waals surface area contributed by atoms with E-state index >= 15 is 0 Å². The van der Waals surface area contributed by atoms with Gasteiger partial charge in [-0.25, -0.2) is 4.98 Å². The fourth-order valence-electron chi connectivity index (χ4n) is 5.18. The molecule has 7 nitrogen and oxygen atoms in total. The van der Waals surface area contributed by atoms with E-state index in [-0.39, 0.29) is 6.10 Å². The van der Waals surface area contributed by atoms with Crippen molar-refractivity contribution >= 4 is 27.3 Å². The Morgan fingerprint density at radius 2 is 1.51 bits per heavy atom. The summed E-state index contributed by atoms with van der Waals surface area (Å²) in [5.41, 5.74) is 8.30. The molecule has 0 spiro atoms. The zero-order valence-electron chi connectivity index (χ0n) is 25.0. The average molecular weight is 595 g/mol. The zero-order chi connectivity index (χ0) is 29.9. The van der Waals surface area contributed by atoms with Gasteiger partial charge in [0.15, 0.2) is 17.6 Å². The summed E-state index contributed by atoms with van der Waals surface area (Å²) in [4.78, 5) is 10.6. The van der Waals surface area contributed by atoms with Crippen LogP contribution in [0.15, 0.2) is 78.0 Å². The maximum absolute atomic E-state index is 6.12. The van der Waals surface area contributed by atoms with Crippen molar-refractivity contribution in [3.05, 3.63) is 101 Å². The van der Waals surface area contributed by atoms with Crippen LogP contribution in [0.3, 0.4) is 0 Å². The van der Waals surface area contributed by atoms with E-state index in [2.05, 4.69) is 43.3 Å². The molecule has 0 N–H and O–H groups in total. The van der Waals surface area contributed by atoms with E-state index in [0.717, 1.165) is 61.1 Å². The largest absolute Gasteiger partial charge is 0.496 e. The highest BCUT2D eigenvalue weighted by Gasteiger charge is 2.26. The third-order valence-corrected chi connectivity index (χ3v) is 8.80. The van der Waals surface area contributed by atoms with E-state index in [9.17, 15) is 0 Å². The van der Waals surface area contributed by atoms with Crippen molar-refractivity contribution in [3.8, 4) is 33.6 Å². The maximum Gasteiger partial charge on any atom is 0.161 e. The molecule has 4 aromatic carbocycles. The Morgan fingerprint density at radius 1 is 0.767 bits per heavy atom. The van der Waals surface area contributed by atoms with Crippen LogP contribution in [-0.4, -0.2) is 38.1 Å². The predicted octanol–water partition coefficient (Wildman–Crippen LogP) is 8.23. The molecule has 0 bridgehead atoms. The molecule has 0 saturated heterocycles. The molecule has 1 aliphatic heterocycles. The Bertz CT molecular complexity index is 1780. The molecule has 2 heterocycles. The lowest BCUT2D eigenvalue weighted by Crippen LogP contribution is -2.10. The van der Waals surface area contributed by atoms with Crippen LogP contribution >= 0.6 is 11.3 Å². The molecule has 0 radical (unpaired) electrons. The summed E-state index contributed by atoms with van der Waals surface area (Å²) in [6, 6.07) is 24.4. The molecule has 43 heavy (non-hydrogen) atoms. The van der Waals surface area contributed by atoms with Crippen LogP contribution in [0.2, 0.25) is 0 Å². The number of para-hydroxylation sites is 1. The molecule has 0 amide bonds. The Morgan fingerprint density at radius 3 is 2.28 bits per heavy atom. The van der Waals surface area contributed by atoms with Crippen molar-refractivity contribution in [3.63, 3.8) is 0 Å². The highest BCUT2D eigenvalue weighted by Crippen LogP contribution is 2.37. The number of aryl methyl sites for hydroxylation is 2. The van der Waals surface area contributed by atoms with E-state index in [0.29, 0.717) is 31.1 Å². The van der Waals surface area contributed by atoms with Gasteiger partial charge in [-0.15, -0.1) is 11.3 Å². The van der Waals surface area contributed by atoms with Crippen molar-refractivity contribution in [1.29, 1.82) is 0 Å². The van der Waals surface area contributed by atoms with Crippen molar-refractivity contribution in [2.45, 2.75) is 33.3 Å². The molecule has 220 valence electrons. The number of oxime groups is 1. The van der Waals surface area contributed by atoms with Gasteiger partial charge in [0.2, 0.25) is 0 Å². The minimum absolute atomic E-state index is 0.219. The number of hydrogen-bond donors (Lipinski definition) is 0. The minimum atomic E-state index is -0.219. The first-order valence-electron chi connectivity index (χ1n) is 14.2. The van der Waals surface area contributed by atoms with Gasteiger partial charge in [-0.1, -0.05) is 23.4 Å². The summed E-state index contributed by atoms with van der Waals surface area (Å²) < 4.78 is 24.5. The SMILES string of the molecule is COc1ccc(C2CC(c3cc(C)c(C)c(OC)c3)=NO2)cc1OCCOc1ccc(-c2nc3ccccc3s2)cc1C. The fourth-order valence-corrected chi connectivity index (χ4v) is 6.14. The molecule has 1 aromatic heterocycles. The number of rotatable bonds is 10. The topological polar surface area (TPSA) is 71.4 Å². The third-order valence-electron chi connectivity index (χ3n) is 7.72. The summed E-state index contributed by atoms with van der Waals surface area (Å²) in [5.74, 6) is 2.96. The predicted molar refractivity (Wildman–Crippen MR) is 171 cm³/mol. The van der Waals surface area contributed by atoms with Gasteiger partial charge in [0.25, 0.3) is 0 Å². The average Bonchev–Trinajstić information content (AvgIpc) is 3.69. The molecule has 1 aliphatic rings. The highest BCUT2D eigenvalue weighted by molar-refractivity contribution is 7.21. The fraction of sp³-hybridized carbons (Fsp3) is 0.257.